The van der Waals surface area contributed by atoms with E-state index >= 15 is 0 Å². The molecule has 2 fully saturated rings. The summed E-state index contributed by atoms with van der Waals surface area (Å²) in [6, 6.07) is 4.03. The van der Waals surface area contributed by atoms with Crippen molar-refractivity contribution in [1.29, 1.82) is 0 Å². The van der Waals surface area contributed by atoms with Gasteiger partial charge < -0.3 is 9.32 Å². The van der Waals surface area contributed by atoms with Crippen molar-refractivity contribution in [1.82, 2.24) is 9.62 Å². The van der Waals surface area contributed by atoms with Crippen LogP contribution in [0.3, 0.4) is 0 Å². The first-order valence-electron chi connectivity index (χ1n) is 9.13. The molecule has 3 atom stereocenters. The van der Waals surface area contributed by atoms with Gasteiger partial charge in [0.15, 0.2) is 0 Å². The molecule has 25 heavy (non-hydrogen) atoms. The highest BCUT2D eigenvalue weighted by Crippen LogP contribution is 2.47. The van der Waals surface area contributed by atoms with Crippen LogP contribution in [0.4, 0.5) is 0 Å². The normalized spacial score (nSPS) is 26.6. The average Bonchev–Trinajstić information content (AvgIpc) is 3.11. The van der Waals surface area contributed by atoms with Gasteiger partial charge in [0, 0.05) is 38.4 Å². The van der Waals surface area contributed by atoms with E-state index in [0.29, 0.717) is 37.8 Å². The third-order valence-corrected chi connectivity index (χ3v) is 5.94. The largest absolute Gasteiger partial charge is 0.466 e. The zero-order valence-electron chi connectivity index (χ0n) is 15.0. The van der Waals surface area contributed by atoms with Gasteiger partial charge in [-0.15, -0.1) is 0 Å². The Hall–Kier alpha value is -1.34. The van der Waals surface area contributed by atoms with Gasteiger partial charge in [0.25, 0.3) is 0 Å². The minimum atomic E-state index is -3.18. The van der Waals surface area contributed by atoms with Gasteiger partial charge in [0.05, 0.1) is 6.26 Å². The molecule has 1 aliphatic carbocycles. The number of hydrogen-bond acceptors (Lipinski definition) is 4. The van der Waals surface area contributed by atoms with Crippen LogP contribution in [0, 0.1) is 11.8 Å². The fourth-order valence-electron chi connectivity index (χ4n) is 3.56. The van der Waals surface area contributed by atoms with E-state index in [1.54, 1.807) is 0 Å². The van der Waals surface area contributed by atoms with E-state index in [9.17, 15) is 13.2 Å². The maximum atomic E-state index is 12.5. The Kier molecular flexibility index (Phi) is 5.53. The molecule has 1 saturated heterocycles. The highest BCUT2D eigenvalue weighted by molar-refractivity contribution is 7.88. The smallest absolute Gasteiger partial charge is 0.223 e. The zero-order valence-corrected chi connectivity index (χ0v) is 15.8. The van der Waals surface area contributed by atoms with Crippen LogP contribution in [0.2, 0.25) is 0 Å². The monoisotopic (exact) mass is 368 g/mol. The Bertz CT molecular complexity index is 712. The summed E-state index contributed by atoms with van der Waals surface area (Å²) in [5.74, 6) is 3.54. The molecule has 1 aliphatic heterocycles. The van der Waals surface area contributed by atoms with Crippen LogP contribution >= 0.6 is 0 Å². The lowest BCUT2D eigenvalue weighted by atomic mass is 9.98. The van der Waals surface area contributed by atoms with Gasteiger partial charge >= 0.3 is 0 Å². The second-order valence-corrected chi connectivity index (χ2v) is 9.43. The number of hydrogen-bond donors (Lipinski definition) is 1. The van der Waals surface area contributed by atoms with E-state index in [1.165, 1.54) is 12.7 Å². The molecule has 0 unspecified atom stereocenters. The first-order valence-corrected chi connectivity index (χ1v) is 11.0. The minimum Gasteiger partial charge on any atom is -0.466 e. The summed E-state index contributed by atoms with van der Waals surface area (Å²) < 4.78 is 30.9. The van der Waals surface area contributed by atoms with Gasteiger partial charge in [0.1, 0.15) is 11.5 Å². The molecule has 1 aromatic heterocycles. The summed E-state index contributed by atoms with van der Waals surface area (Å²) >= 11 is 0. The molecule has 0 aromatic carbocycles. The van der Waals surface area contributed by atoms with E-state index in [4.69, 9.17) is 4.42 Å². The standard InChI is InChI=1S/C18H28N2O4S/c1-13-10-16(13)17-7-5-15(24-17)6-8-18(21)20-9-3-4-14(12-20)11-19-25(2,22)23/h5,7,13-14,16,19H,3-4,6,8-12H2,1-2H3/t13-,14+,16-/m1/s1. The summed E-state index contributed by atoms with van der Waals surface area (Å²) in [6.45, 7) is 4.02. The summed E-state index contributed by atoms with van der Waals surface area (Å²) in [5.41, 5.74) is 0. The van der Waals surface area contributed by atoms with Crippen molar-refractivity contribution in [2.45, 2.75) is 44.9 Å². The van der Waals surface area contributed by atoms with E-state index in [1.807, 2.05) is 17.0 Å². The van der Waals surface area contributed by atoms with Gasteiger partial charge in [-0.2, -0.15) is 0 Å². The van der Waals surface area contributed by atoms with E-state index in [0.717, 1.165) is 30.9 Å². The highest BCUT2D eigenvalue weighted by Gasteiger charge is 2.36. The fourth-order valence-corrected chi connectivity index (χ4v) is 4.10. The van der Waals surface area contributed by atoms with Crippen molar-refractivity contribution in [3.8, 4) is 0 Å². The molecule has 7 heteroatoms. The zero-order chi connectivity index (χ0) is 18.0. The van der Waals surface area contributed by atoms with Gasteiger partial charge in [0.2, 0.25) is 15.9 Å². The summed E-state index contributed by atoms with van der Waals surface area (Å²) in [5, 5.41) is 0. The van der Waals surface area contributed by atoms with Gasteiger partial charge in [-0.25, -0.2) is 13.1 Å². The third kappa shape index (κ3) is 5.31. The van der Waals surface area contributed by atoms with Crippen molar-refractivity contribution >= 4 is 15.9 Å². The number of aryl methyl sites for hydroxylation is 1. The molecule has 0 radical (unpaired) electrons. The molecule has 2 heterocycles. The van der Waals surface area contributed by atoms with E-state index < -0.39 is 10.0 Å². The molecule has 140 valence electrons. The lowest BCUT2D eigenvalue weighted by Crippen LogP contribution is -2.43. The molecule has 0 spiro atoms. The van der Waals surface area contributed by atoms with Gasteiger partial charge in [-0.1, -0.05) is 6.92 Å². The minimum absolute atomic E-state index is 0.127. The molecule has 6 nitrogen and oxygen atoms in total. The molecule has 1 saturated carbocycles. The Balaban J connectivity index is 1.45. The number of piperidine rings is 1. The topological polar surface area (TPSA) is 79.6 Å². The Morgan fingerprint density at radius 3 is 2.84 bits per heavy atom. The van der Waals surface area contributed by atoms with Crippen LogP contribution in [0.5, 0.6) is 0 Å². The van der Waals surface area contributed by atoms with Crippen molar-refractivity contribution in [3.05, 3.63) is 23.7 Å². The first kappa shape index (κ1) is 18.5. The quantitative estimate of drug-likeness (QED) is 0.799. The number of sulfonamides is 1. The van der Waals surface area contributed by atoms with Crippen molar-refractivity contribution in [2.24, 2.45) is 11.8 Å². The SMILES string of the molecule is C[C@@H]1C[C@H]1c1ccc(CCC(=O)N2CCC[C@@H](CNS(C)(=O)=O)C2)o1. The highest BCUT2D eigenvalue weighted by atomic mass is 32.2. The lowest BCUT2D eigenvalue weighted by Gasteiger charge is -2.32. The van der Waals surface area contributed by atoms with Crippen LogP contribution in [-0.2, 0) is 21.2 Å². The average molecular weight is 368 g/mol. The molecule has 1 amide bonds. The van der Waals surface area contributed by atoms with E-state index in [-0.39, 0.29) is 11.8 Å². The molecular formula is C18H28N2O4S. The van der Waals surface area contributed by atoms with Crippen LogP contribution in [0.1, 0.15) is 50.0 Å². The van der Waals surface area contributed by atoms with Gasteiger partial charge in [-0.05, 0) is 43.2 Å². The molecule has 1 aromatic rings. The van der Waals surface area contributed by atoms with E-state index in [2.05, 4.69) is 11.6 Å². The second kappa shape index (κ2) is 7.50. The Morgan fingerprint density at radius 2 is 2.16 bits per heavy atom. The number of carbonyl (C=O) groups excluding carboxylic acids is 1. The second-order valence-electron chi connectivity index (χ2n) is 7.59. The maximum absolute atomic E-state index is 12.5. The van der Waals surface area contributed by atoms with Crippen molar-refractivity contribution < 1.29 is 17.6 Å². The molecular weight excluding hydrogens is 340 g/mol. The molecule has 0 bridgehead atoms. The lowest BCUT2D eigenvalue weighted by molar-refractivity contribution is -0.133. The van der Waals surface area contributed by atoms with Crippen LogP contribution in [0.15, 0.2) is 16.5 Å². The van der Waals surface area contributed by atoms with Gasteiger partial charge in [-0.3, -0.25) is 4.79 Å². The third-order valence-electron chi connectivity index (χ3n) is 5.25. The van der Waals surface area contributed by atoms with Crippen molar-refractivity contribution in [2.75, 3.05) is 25.9 Å². The van der Waals surface area contributed by atoms with Crippen molar-refractivity contribution in [3.63, 3.8) is 0 Å². The number of likely N-dealkylation sites (tertiary alicyclic amines) is 1. The predicted molar refractivity (Wildman–Crippen MR) is 95.7 cm³/mol. The number of nitrogens with zero attached hydrogens (tertiary/aromatic N) is 1. The van der Waals surface area contributed by atoms with Crippen LogP contribution in [-0.4, -0.2) is 45.1 Å². The number of amides is 1. The number of carbonyl (C=O) groups is 1. The predicted octanol–water partition coefficient (Wildman–Crippen LogP) is 2.12. The Labute approximate surface area is 150 Å². The maximum Gasteiger partial charge on any atom is 0.223 e. The summed E-state index contributed by atoms with van der Waals surface area (Å²) in [7, 11) is -3.18. The number of rotatable bonds is 7. The van der Waals surface area contributed by atoms with Crippen LogP contribution < -0.4 is 4.72 Å². The fraction of sp³-hybridized carbons (Fsp3) is 0.722. The molecule has 2 aliphatic rings. The number of nitrogens with one attached hydrogen (secondary N) is 1. The molecule has 1 N–H and O–H groups in total. The summed E-state index contributed by atoms with van der Waals surface area (Å²) in [6.07, 6.45) is 5.31. The Morgan fingerprint density at radius 1 is 1.40 bits per heavy atom. The molecule has 3 rings (SSSR count). The number of furan rings is 1. The summed E-state index contributed by atoms with van der Waals surface area (Å²) in [4.78, 5) is 14.3. The first-order chi connectivity index (χ1) is 11.8. The van der Waals surface area contributed by atoms with Crippen LogP contribution in [0.25, 0.3) is 0 Å².